The topological polar surface area (TPSA) is 56.7 Å². The molecule has 0 bridgehead atoms. The lowest BCUT2D eigenvalue weighted by atomic mass is 10.1. The molecule has 0 saturated heterocycles. The van der Waals surface area contributed by atoms with Crippen molar-refractivity contribution in [2.75, 3.05) is 13.6 Å². The summed E-state index contributed by atoms with van der Waals surface area (Å²) in [5, 5.41) is 17.6. The lowest BCUT2D eigenvalue weighted by molar-refractivity contribution is 0.275. The van der Waals surface area contributed by atoms with E-state index < -0.39 is 0 Å². The number of thiophene rings is 1. The number of nitrogens with zero attached hydrogens (tertiary/aromatic N) is 1. The molecule has 2 aromatic rings. The molecule has 0 amide bonds. The fourth-order valence-electron chi connectivity index (χ4n) is 2.02. The molecule has 0 spiro atoms. The molecule has 2 rings (SSSR count). The quantitative estimate of drug-likeness (QED) is 0.565. The van der Waals surface area contributed by atoms with Gasteiger partial charge in [-0.2, -0.15) is 0 Å². The highest BCUT2D eigenvalue weighted by Gasteiger charge is 2.04. The molecule has 118 valence electrons. The third-order valence-electron chi connectivity index (χ3n) is 3.21. The van der Waals surface area contributed by atoms with Gasteiger partial charge in [-0.1, -0.05) is 12.1 Å². The first-order chi connectivity index (χ1) is 10.7. The average molecular weight is 321 g/mol. The monoisotopic (exact) mass is 321 g/mol. The van der Waals surface area contributed by atoms with Gasteiger partial charge in [0.2, 0.25) is 0 Å². The minimum absolute atomic E-state index is 0.298. The van der Waals surface area contributed by atoms with Gasteiger partial charge in [-0.15, -0.1) is 11.3 Å². The lowest BCUT2D eigenvalue weighted by Crippen LogP contribution is -2.37. The Labute approximate surface area is 133 Å². The largest absolute Gasteiger partial charge is 0.392 e. The van der Waals surface area contributed by atoms with Gasteiger partial charge in [0.1, 0.15) is 5.82 Å². The standard InChI is InChI=1S/C16H20FN3OS/c1-18-16(19-7-6-14-3-2-8-22-14)20-10-12-4-5-15(17)13(9-12)11-21/h2-5,8-9,21H,6-7,10-11H2,1H3,(H2,18,19,20). The van der Waals surface area contributed by atoms with Gasteiger partial charge in [0.05, 0.1) is 6.61 Å². The number of hydrogen-bond acceptors (Lipinski definition) is 3. The SMILES string of the molecule is CN=C(NCCc1cccs1)NCc1ccc(F)c(CO)c1. The number of rotatable bonds is 6. The van der Waals surface area contributed by atoms with E-state index in [4.69, 9.17) is 5.11 Å². The fraction of sp³-hybridized carbons (Fsp3) is 0.312. The maximum atomic E-state index is 13.3. The zero-order valence-electron chi connectivity index (χ0n) is 12.5. The van der Waals surface area contributed by atoms with Crippen molar-refractivity contribution in [2.24, 2.45) is 4.99 Å². The number of aliphatic hydroxyl groups is 1. The smallest absolute Gasteiger partial charge is 0.191 e. The normalized spacial score (nSPS) is 11.5. The first-order valence-electron chi connectivity index (χ1n) is 7.08. The van der Waals surface area contributed by atoms with E-state index in [2.05, 4.69) is 27.1 Å². The van der Waals surface area contributed by atoms with Crippen molar-refractivity contribution in [1.82, 2.24) is 10.6 Å². The molecule has 0 unspecified atom stereocenters. The van der Waals surface area contributed by atoms with Gasteiger partial charge < -0.3 is 15.7 Å². The van der Waals surface area contributed by atoms with Crippen molar-refractivity contribution in [2.45, 2.75) is 19.6 Å². The molecule has 0 atom stereocenters. The van der Waals surface area contributed by atoms with Crippen molar-refractivity contribution < 1.29 is 9.50 Å². The Bertz CT molecular complexity index is 614. The first kappa shape index (κ1) is 16.5. The Hall–Kier alpha value is -1.92. The maximum Gasteiger partial charge on any atom is 0.191 e. The van der Waals surface area contributed by atoms with Gasteiger partial charge in [-0.25, -0.2) is 4.39 Å². The minimum atomic E-state index is -0.385. The van der Waals surface area contributed by atoms with Crippen LogP contribution in [0.15, 0.2) is 40.7 Å². The third kappa shape index (κ3) is 4.82. The molecule has 1 aromatic carbocycles. The van der Waals surface area contributed by atoms with Crippen LogP contribution in [-0.2, 0) is 19.6 Å². The van der Waals surface area contributed by atoms with Gasteiger partial charge in [-0.3, -0.25) is 4.99 Å². The Balaban J connectivity index is 1.80. The van der Waals surface area contributed by atoms with Crippen LogP contribution in [0.25, 0.3) is 0 Å². The van der Waals surface area contributed by atoms with Gasteiger partial charge in [0.25, 0.3) is 0 Å². The second-order valence-electron chi connectivity index (χ2n) is 4.77. The van der Waals surface area contributed by atoms with E-state index in [1.165, 1.54) is 10.9 Å². The molecule has 1 heterocycles. The highest BCUT2D eigenvalue weighted by atomic mass is 32.1. The van der Waals surface area contributed by atoms with Crippen LogP contribution < -0.4 is 10.6 Å². The predicted molar refractivity (Wildman–Crippen MR) is 88.5 cm³/mol. The number of aliphatic hydroxyl groups excluding tert-OH is 1. The molecular weight excluding hydrogens is 301 g/mol. The number of hydrogen-bond donors (Lipinski definition) is 3. The zero-order valence-corrected chi connectivity index (χ0v) is 13.3. The van der Waals surface area contributed by atoms with Crippen LogP contribution in [0.2, 0.25) is 0 Å². The molecule has 6 heteroatoms. The summed E-state index contributed by atoms with van der Waals surface area (Å²) < 4.78 is 13.3. The van der Waals surface area contributed by atoms with Crippen molar-refractivity contribution in [3.63, 3.8) is 0 Å². The second kappa shape index (κ2) is 8.51. The molecule has 1 aromatic heterocycles. The van der Waals surface area contributed by atoms with Crippen molar-refractivity contribution in [3.05, 3.63) is 57.5 Å². The van der Waals surface area contributed by atoms with Crippen LogP contribution in [0.5, 0.6) is 0 Å². The average Bonchev–Trinajstić information content (AvgIpc) is 3.05. The summed E-state index contributed by atoms with van der Waals surface area (Å²) in [6.07, 6.45) is 0.948. The molecule has 3 N–H and O–H groups in total. The Morgan fingerprint density at radius 3 is 2.86 bits per heavy atom. The number of benzene rings is 1. The molecule has 22 heavy (non-hydrogen) atoms. The van der Waals surface area contributed by atoms with Gasteiger partial charge >= 0.3 is 0 Å². The molecule has 0 fully saturated rings. The van der Waals surface area contributed by atoms with E-state index in [9.17, 15) is 4.39 Å². The summed E-state index contributed by atoms with van der Waals surface area (Å²) in [6, 6.07) is 8.87. The first-order valence-corrected chi connectivity index (χ1v) is 7.96. The Morgan fingerprint density at radius 1 is 1.32 bits per heavy atom. The molecular formula is C16H20FN3OS. The summed E-state index contributed by atoms with van der Waals surface area (Å²) in [7, 11) is 1.71. The molecule has 0 aliphatic carbocycles. The molecule has 0 aliphatic heterocycles. The molecule has 0 aliphatic rings. The van der Waals surface area contributed by atoms with E-state index in [1.807, 2.05) is 6.07 Å². The number of guanidine groups is 1. The Morgan fingerprint density at radius 2 is 2.18 bits per heavy atom. The zero-order chi connectivity index (χ0) is 15.8. The Kier molecular flexibility index (Phi) is 6.36. The van der Waals surface area contributed by atoms with Crippen LogP contribution in [0.4, 0.5) is 4.39 Å². The fourth-order valence-corrected chi connectivity index (χ4v) is 2.73. The highest BCUT2D eigenvalue weighted by Crippen LogP contribution is 2.10. The summed E-state index contributed by atoms with van der Waals surface area (Å²) in [5.41, 5.74) is 1.20. The van der Waals surface area contributed by atoms with Gasteiger partial charge in [0, 0.05) is 30.6 Å². The van der Waals surface area contributed by atoms with Gasteiger partial charge in [0.15, 0.2) is 5.96 Å². The number of aliphatic imine (C=N–C) groups is 1. The van der Waals surface area contributed by atoms with Crippen LogP contribution >= 0.6 is 11.3 Å². The van der Waals surface area contributed by atoms with E-state index in [0.29, 0.717) is 18.1 Å². The van der Waals surface area contributed by atoms with Crippen LogP contribution in [0.3, 0.4) is 0 Å². The lowest BCUT2D eigenvalue weighted by Gasteiger charge is -2.12. The van der Waals surface area contributed by atoms with Crippen molar-refractivity contribution in [3.8, 4) is 0 Å². The van der Waals surface area contributed by atoms with E-state index in [1.54, 1.807) is 30.5 Å². The summed E-state index contributed by atoms with van der Waals surface area (Å²) in [6.45, 7) is 1.02. The van der Waals surface area contributed by atoms with Crippen LogP contribution in [0.1, 0.15) is 16.0 Å². The van der Waals surface area contributed by atoms with E-state index in [-0.39, 0.29) is 12.4 Å². The molecule has 0 saturated carbocycles. The summed E-state index contributed by atoms with van der Waals surface area (Å²) in [5.74, 6) is 0.316. The minimum Gasteiger partial charge on any atom is -0.392 e. The van der Waals surface area contributed by atoms with Crippen molar-refractivity contribution in [1.29, 1.82) is 0 Å². The van der Waals surface area contributed by atoms with E-state index >= 15 is 0 Å². The van der Waals surface area contributed by atoms with Crippen LogP contribution in [-0.4, -0.2) is 24.7 Å². The number of nitrogens with one attached hydrogen (secondary N) is 2. The summed E-state index contributed by atoms with van der Waals surface area (Å²) in [4.78, 5) is 5.48. The predicted octanol–water partition coefficient (Wildman–Crippen LogP) is 2.29. The summed E-state index contributed by atoms with van der Waals surface area (Å²) >= 11 is 1.74. The second-order valence-corrected chi connectivity index (χ2v) is 5.80. The van der Waals surface area contributed by atoms with Crippen molar-refractivity contribution >= 4 is 17.3 Å². The van der Waals surface area contributed by atoms with E-state index in [0.717, 1.165) is 18.5 Å². The third-order valence-corrected chi connectivity index (χ3v) is 4.14. The molecule has 4 nitrogen and oxygen atoms in total. The van der Waals surface area contributed by atoms with Crippen LogP contribution in [0, 0.1) is 5.82 Å². The molecule has 0 radical (unpaired) electrons. The van der Waals surface area contributed by atoms with Gasteiger partial charge in [-0.05, 0) is 35.6 Å². The number of halogens is 1. The highest BCUT2D eigenvalue weighted by molar-refractivity contribution is 7.09. The maximum absolute atomic E-state index is 13.3.